The summed E-state index contributed by atoms with van der Waals surface area (Å²) >= 11 is 0. The highest BCUT2D eigenvalue weighted by Crippen LogP contribution is 2.20. The highest BCUT2D eigenvalue weighted by Gasteiger charge is 2.33. The van der Waals surface area contributed by atoms with E-state index in [1.807, 2.05) is 0 Å². The predicted molar refractivity (Wildman–Crippen MR) is 62.8 cm³/mol. The Morgan fingerprint density at radius 1 is 1.22 bits per heavy atom. The van der Waals surface area contributed by atoms with Crippen molar-refractivity contribution >= 4 is 17.8 Å². The first-order valence-corrected chi connectivity index (χ1v) is 5.72. The van der Waals surface area contributed by atoms with Gasteiger partial charge in [-0.15, -0.1) is 0 Å². The van der Waals surface area contributed by atoms with Crippen molar-refractivity contribution < 1.29 is 19.5 Å². The quantitative estimate of drug-likeness (QED) is 0.795. The van der Waals surface area contributed by atoms with Crippen LogP contribution in [0.1, 0.15) is 23.2 Å². The van der Waals surface area contributed by atoms with Gasteiger partial charge in [-0.05, 0) is 18.6 Å². The van der Waals surface area contributed by atoms with Gasteiger partial charge in [-0.1, -0.05) is 18.2 Å². The Morgan fingerprint density at radius 2 is 1.89 bits per heavy atom. The Bertz CT molecular complexity index is 483. The van der Waals surface area contributed by atoms with Crippen LogP contribution >= 0.6 is 0 Å². The van der Waals surface area contributed by atoms with Crippen molar-refractivity contribution in [3.8, 4) is 0 Å². The van der Waals surface area contributed by atoms with E-state index in [9.17, 15) is 14.4 Å². The summed E-state index contributed by atoms with van der Waals surface area (Å²) in [6, 6.07) is 8.51. The Labute approximate surface area is 104 Å². The summed E-state index contributed by atoms with van der Waals surface area (Å²) in [5, 5.41) is 8.84. The van der Waals surface area contributed by atoms with Gasteiger partial charge < -0.3 is 5.11 Å². The number of carboxylic acids is 1. The molecule has 0 radical (unpaired) electrons. The Hall–Kier alpha value is -2.17. The molecule has 0 bridgehead atoms. The Balaban J connectivity index is 2.10. The van der Waals surface area contributed by atoms with Crippen molar-refractivity contribution in [1.82, 2.24) is 4.90 Å². The molecule has 2 rings (SSSR count). The second-order valence-electron chi connectivity index (χ2n) is 4.24. The van der Waals surface area contributed by atoms with E-state index in [0.717, 1.165) is 4.90 Å². The Kier molecular flexibility index (Phi) is 3.41. The van der Waals surface area contributed by atoms with Crippen LogP contribution in [0.15, 0.2) is 30.3 Å². The van der Waals surface area contributed by atoms with E-state index < -0.39 is 17.8 Å². The lowest BCUT2D eigenvalue weighted by Crippen LogP contribution is -2.44. The van der Waals surface area contributed by atoms with Crippen LogP contribution in [0, 0.1) is 5.92 Å². The van der Waals surface area contributed by atoms with Crippen LogP contribution < -0.4 is 0 Å². The molecule has 1 aromatic carbocycles. The molecule has 1 unspecified atom stereocenters. The minimum atomic E-state index is -0.977. The third-order valence-electron chi connectivity index (χ3n) is 3.04. The summed E-state index contributed by atoms with van der Waals surface area (Å²) in [7, 11) is 0. The molecule has 0 aliphatic carbocycles. The van der Waals surface area contributed by atoms with E-state index in [-0.39, 0.29) is 18.9 Å². The van der Waals surface area contributed by atoms with Crippen LogP contribution in [0.3, 0.4) is 0 Å². The first kappa shape index (κ1) is 12.3. The molecule has 94 valence electrons. The molecule has 1 aliphatic rings. The lowest BCUT2D eigenvalue weighted by atomic mass is 9.96. The molecule has 1 aromatic rings. The van der Waals surface area contributed by atoms with Gasteiger partial charge in [0.25, 0.3) is 5.91 Å². The monoisotopic (exact) mass is 247 g/mol. The number of benzene rings is 1. The SMILES string of the molecule is O=C(O)C1CCN(C(=O)c2ccccc2)C(=O)C1. The fourth-order valence-electron chi connectivity index (χ4n) is 1.99. The molecule has 0 saturated carbocycles. The summed E-state index contributed by atoms with van der Waals surface area (Å²) in [6.07, 6.45) is 0.216. The molecule has 2 amide bonds. The van der Waals surface area contributed by atoms with Crippen molar-refractivity contribution in [2.45, 2.75) is 12.8 Å². The van der Waals surface area contributed by atoms with E-state index in [1.165, 1.54) is 0 Å². The topological polar surface area (TPSA) is 74.7 Å². The van der Waals surface area contributed by atoms with Gasteiger partial charge in [-0.3, -0.25) is 19.3 Å². The molecule has 1 aliphatic heterocycles. The minimum absolute atomic E-state index is 0.103. The molecule has 5 nitrogen and oxygen atoms in total. The first-order valence-electron chi connectivity index (χ1n) is 5.72. The molecule has 1 atom stereocenters. The maximum Gasteiger partial charge on any atom is 0.307 e. The van der Waals surface area contributed by atoms with Gasteiger partial charge in [0, 0.05) is 18.5 Å². The van der Waals surface area contributed by atoms with Gasteiger partial charge in [-0.2, -0.15) is 0 Å². The highest BCUT2D eigenvalue weighted by atomic mass is 16.4. The maximum absolute atomic E-state index is 12.0. The zero-order chi connectivity index (χ0) is 13.1. The zero-order valence-electron chi connectivity index (χ0n) is 9.70. The lowest BCUT2D eigenvalue weighted by Gasteiger charge is -2.28. The molecule has 0 aromatic heterocycles. The summed E-state index contributed by atoms with van der Waals surface area (Å²) in [6.45, 7) is 0.170. The fourth-order valence-corrected chi connectivity index (χ4v) is 1.99. The van der Waals surface area contributed by atoms with Gasteiger partial charge in [-0.25, -0.2) is 0 Å². The standard InChI is InChI=1S/C13H13NO4/c15-11-8-10(13(17)18)6-7-14(11)12(16)9-4-2-1-3-5-9/h1-5,10H,6-8H2,(H,17,18). The van der Waals surface area contributed by atoms with Gasteiger partial charge in [0.1, 0.15) is 0 Å². The summed E-state index contributed by atoms with van der Waals surface area (Å²) in [5.41, 5.74) is 0.444. The molecule has 1 heterocycles. The van der Waals surface area contributed by atoms with Crippen LogP contribution in [0.5, 0.6) is 0 Å². The minimum Gasteiger partial charge on any atom is -0.481 e. The van der Waals surface area contributed by atoms with E-state index >= 15 is 0 Å². The molecule has 18 heavy (non-hydrogen) atoms. The average Bonchev–Trinajstić information content (AvgIpc) is 2.38. The molecule has 1 fully saturated rings. The number of likely N-dealkylation sites (tertiary alicyclic amines) is 1. The number of piperidine rings is 1. The molecule has 1 saturated heterocycles. The van der Waals surface area contributed by atoms with Crippen molar-refractivity contribution in [2.24, 2.45) is 5.92 Å². The zero-order valence-corrected chi connectivity index (χ0v) is 9.70. The van der Waals surface area contributed by atoms with E-state index in [2.05, 4.69) is 0 Å². The molecular weight excluding hydrogens is 234 g/mol. The van der Waals surface area contributed by atoms with Gasteiger partial charge in [0.05, 0.1) is 5.92 Å². The predicted octanol–water partition coefficient (Wildman–Crippen LogP) is 1.15. The van der Waals surface area contributed by atoms with Crippen molar-refractivity contribution in [2.75, 3.05) is 6.54 Å². The number of amides is 2. The van der Waals surface area contributed by atoms with Crippen molar-refractivity contribution in [1.29, 1.82) is 0 Å². The summed E-state index contributed by atoms with van der Waals surface area (Å²) < 4.78 is 0. The van der Waals surface area contributed by atoms with Crippen LogP contribution in [0.4, 0.5) is 0 Å². The van der Waals surface area contributed by atoms with E-state index in [1.54, 1.807) is 30.3 Å². The molecule has 1 N–H and O–H groups in total. The second-order valence-corrected chi connectivity index (χ2v) is 4.24. The van der Waals surface area contributed by atoms with E-state index in [0.29, 0.717) is 12.0 Å². The smallest absolute Gasteiger partial charge is 0.307 e. The van der Waals surface area contributed by atoms with Gasteiger partial charge in [0.15, 0.2) is 0 Å². The highest BCUT2D eigenvalue weighted by molar-refractivity contribution is 6.05. The number of rotatable bonds is 2. The van der Waals surface area contributed by atoms with Gasteiger partial charge in [0.2, 0.25) is 5.91 Å². The van der Waals surface area contributed by atoms with Crippen LogP contribution in [-0.4, -0.2) is 34.3 Å². The van der Waals surface area contributed by atoms with Gasteiger partial charge >= 0.3 is 5.97 Å². The third-order valence-corrected chi connectivity index (χ3v) is 3.04. The number of imide groups is 1. The maximum atomic E-state index is 12.0. The number of hydrogen-bond donors (Lipinski definition) is 1. The molecule has 5 heteroatoms. The first-order chi connectivity index (χ1) is 8.59. The Morgan fingerprint density at radius 3 is 2.44 bits per heavy atom. The van der Waals surface area contributed by atoms with Crippen molar-refractivity contribution in [3.63, 3.8) is 0 Å². The number of aliphatic carboxylic acids is 1. The normalized spacial score (nSPS) is 19.7. The number of carbonyl (C=O) groups is 3. The lowest BCUT2D eigenvalue weighted by molar-refractivity contribution is -0.148. The van der Waals surface area contributed by atoms with Crippen LogP contribution in [-0.2, 0) is 9.59 Å². The number of nitrogens with zero attached hydrogens (tertiary/aromatic N) is 1. The summed E-state index contributed by atoms with van der Waals surface area (Å²) in [5.74, 6) is -2.42. The average molecular weight is 247 g/mol. The molecule has 0 spiro atoms. The number of carbonyl (C=O) groups excluding carboxylic acids is 2. The van der Waals surface area contributed by atoms with Crippen molar-refractivity contribution in [3.05, 3.63) is 35.9 Å². The third kappa shape index (κ3) is 2.40. The largest absolute Gasteiger partial charge is 0.481 e. The van der Waals surface area contributed by atoms with Crippen LogP contribution in [0.2, 0.25) is 0 Å². The summed E-state index contributed by atoms with van der Waals surface area (Å²) in [4.78, 5) is 35.7. The second kappa shape index (κ2) is 5.00. The number of carboxylic acid groups (broad SMARTS) is 1. The van der Waals surface area contributed by atoms with Crippen LogP contribution in [0.25, 0.3) is 0 Å². The molecular formula is C13H13NO4. The number of hydrogen-bond acceptors (Lipinski definition) is 3. The van der Waals surface area contributed by atoms with E-state index in [4.69, 9.17) is 5.11 Å². The fraction of sp³-hybridized carbons (Fsp3) is 0.308.